The molecule has 33 heavy (non-hydrogen) atoms. The molecule has 0 aromatic heterocycles. The van der Waals surface area contributed by atoms with Gasteiger partial charge in [-0.25, -0.2) is 8.98 Å². The highest BCUT2D eigenvalue weighted by atomic mass is 32.3. The van der Waals surface area contributed by atoms with Crippen LogP contribution >= 0.6 is 0 Å². The molecule has 0 bridgehead atoms. The molecule has 0 radical (unpaired) electrons. The van der Waals surface area contributed by atoms with Gasteiger partial charge in [-0.2, -0.15) is 8.42 Å². The first kappa shape index (κ1) is 26.4. The molecule has 0 aromatic rings. The van der Waals surface area contributed by atoms with E-state index < -0.39 is 22.7 Å². The number of rotatable bonds is 10. The first-order chi connectivity index (χ1) is 15.3. The average molecular weight is 485 g/mol. The quantitative estimate of drug-likeness (QED) is 0.256. The number of esters is 1. The smallest absolute Gasteiger partial charge is 0.397 e. The molecule has 2 aliphatic carbocycles. The van der Waals surface area contributed by atoms with Gasteiger partial charge in [0.25, 0.3) is 0 Å². The van der Waals surface area contributed by atoms with Crippen molar-refractivity contribution in [2.45, 2.75) is 91.8 Å². The maximum Gasteiger partial charge on any atom is 0.397 e. The molecule has 0 amide bonds. The van der Waals surface area contributed by atoms with E-state index in [-0.39, 0.29) is 17.9 Å². The lowest BCUT2D eigenvalue weighted by molar-refractivity contribution is -0.151. The van der Waals surface area contributed by atoms with Crippen molar-refractivity contribution >= 4 is 16.4 Å². The summed E-state index contributed by atoms with van der Waals surface area (Å²) >= 11 is 0. The molecule has 0 spiro atoms. The summed E-state index contributed by atoms with van der Waals surface area (Å²) in [6.07, 6.45) is 10.8. The normalized spacial score (nSPS) is 32.5. The molecule has 0 saturated heterocycles. The molecule has 2 N–H and O–H groups in total. The molecule has 5 atom stereocenters. The van der Waals surface area contributed by atoms with E-state index >= 15 is 0 Å². The van der Waals surface area contributed by atoms with Crippen LogP contribution in [0.25, 0.3) is 0 Å². The zero-order valence-electron chi connectivity index (χ0n) is 20.4. The lowest BCUT2D eigenvalue weighted by atomic mass is 9.52. The number of ether oxygens (including phenoxy) is 1. The van der Waals surface area contributed by atoms with Crippen LogP contribution in [0.3, 0.4) is 0 Å². The van der Waals surface area contributed by atoms with Crippen molar-refractivity contribution in [3.05, 3.63) is 23.3 Å². The van der Waals surface area contributed by atoms with E-state index in [1.807, 2.05) is 0 Å². The van der Waals surface area contributed by atoms with Gasteiger partial charge in [0.2, 0.25) is 6.29 Å². The van der Waals surface area contributed by atoms with Gasteiger partial charge in [0.1, 0.15) is 0 Å². The van der Waals surface area contributed by atoms with Crippen LogP contribution in [0.15, 0.2) is 23.3 Å². The topological polar surface area (TPSA) is 110 Å². The number of aliphatic hydroxyl groups is 1. The maximum atomic E-state index is 11.3. The van der Waals surface area contributed by atoms with Crippen LogP contribution in [0.2, 0.25) is 0 Å². The number of aliphatic hydroxyl groups excluding tert-OH is 1. The Hall–Kier alpha value is -1.22. The van der Waals surface area contributed by atoms with Crippen molar-refractivity contribution in [1.82, 2.24) is 0 Å². The monoisotopic (exact) mass is 484 g/mol. The Morgan fingerprint density at radius 1 is 1.24 bits per heavy atom. The summed E-state index contributed by atoms with van der Waals surface area (Å²) < 4.78 is 41.0. The van der Waals surface area contributed by atoms with Crippen molar-refractivity contribution in [2.24, 2.45) is 28.6 Å². The van der Waals surface area contributed by atoms with Gasteiger partial charge >= 0.3 is 16.4 Å². The Morgan fingerprint density at radius 2 is 1.97 bits per heavy atom. The molecule has 5 unspecified atom stereocenters. The lowest BCUT2D eigenvalue weighted by Gasteiger charge is -2.53. The predicted octanol–water partition coefficient (Wildman–Crippen LogP) is 4.97. The van der Waals surface area contributed by atoms with Crippen molar-refractivity contribution < 1.29 is 31.8 Å². The predicted molar refractivity (Wildman–Crippen MR) is 125 cm³/mol. The maximum absolute atomic E-state index is 11.3. The number of carbonyl (C=O) groups excluding carboxylic acids is 1. The highest BCUT2D eigenvalue weighted by Gasteiger charge is 2.47. The third-order valence-corrected chi connectivity index (χ3v) is 8.99. The number of fused-ring (bicyclic) bond motifs is 1. The van der Waals surface area contributed by atoms with Crippen LogP contribution in [0.5, 0.6) is 0 Å². The van der Waals surface area contributed by atoms with E-state index in [0.29, 0.717) is 42.1 Å². The molecule has 8 heteroatoms. The molecule has 1 saturated carbocycles. The van der Waals surface area contributed by atoms with Crippen LogP contribution in [0.4, 0.5) is 0 Å². The number of carbonyl (C=O) groups is 1. The highest BCUT2D eigenvalue weighted by Crippen LogP contribution is 2.58. The summed E-state index contributed by atoms with van der Waals surface area (Å²) in [6.45, 7) is 9.37. The molecule has 7 nitrogen and oxygen atoms in total. The highest BCUT2D eigenvalue weighted by molar-refractivity contribution is 7.80. The summed E-state index contributed by atoms with van der Waals surface area (Å²) in [5, 5.41) is 9.77. The Morgan fingerprint density at radius 3 is 2.61 bits per heavy atom. The van der Waals surface area contributed by atoms with Gasteiger partial charge in [0, 0.05) is 11.6 Å². The van der Waals surface area contributed by atoms with Gasteiger partial charge in [-0.15, -0.1) is 0 Å². The molecule has 1 fully saturated rings. The summed E-state index contributed by atoms with van der Waals surface area (Å²) in [5.41, 5.74) is 2.47. The SMILES string of the molecule is CC1CCC2C(=CCCC2(C)C)C1(C)CCC(CCCC1=CC(=O)OC1O)COS(=O)(=O)O. The second kappa shape index (κ2) is 10.2. The molecule has 1 heterocycles. The second-order valence-electron chi connectivity index (χ2n) is 11.2. The number of hydrogen-bond donors (Lipinski definition) is 2. The van der Waals surface area contributed by atoms with Gasteiger partial charge in [0.15, 0.2) is 0 Å². The summed E-state index contributed by atoms with van der Waals surface area (Å²) in [6, 6.07) is 0. The Kier molecular flexibility index (Phi) is 8.14. The van der Waals surface area contributed by atoms with E-state index in [4.69, 9.17) is 13.5 Å². The third-order valence-electron chi connectivity index (χ3n) is 8.56. The van der Waals surface area contributed by atoms with Crippen LogP contribution in [-0.2, 0) is 24.1 Å². The Balaban J connectivity index is 1.67. The van der Waals surface area contributed by atoms with E-state index in [9.17, 15) is 18.3 Å². The first-order valence-electron chi connectivity index (χ1n) is 12.2. The molecular formula is C25H40O7S. The third kappa shape index (κ3) is 6.47. The van der Waals surface area contributed by atoms with Gasteiger partial charge in [-0.05, 0) is 86.4 Å². The molecular weight excluding hydrogens is 444 g/mol. The fourth-order valence-corrected chi connectivity index (χ4v) is 6.52. The summed E-state index contributed by atoms with van der Waals surface area (Å²) in [4.78, 5) is 11.3. The Labute approximate surface area is 198 Å². The lowest BCUT2D eigenvalue weighted by Crippen LogP contribution is -2.43. The van der Waals surface area contributed by atoms with Crippen molar-refractivity contribution in [2.75, 3.05) is 6.61 Å². The van der Waals surface area contributed by atoms with Crippen LogP contribution < -0.4 is 0 Å². The number of hydrogen-bond acceptors (Lipinski definition) is 6. The van der Waals surface area contributed by atoms with Crippen molar-refractivity contribution in [3.8, 4) is 0 Å². The van der Waals surface area contributed by atoms with Crippen molar-refractivity contribution in [3.63, 3.8) is 0 Å². The minimum absolute atomic E-state index is 0.0569. The minimum atomic E-state index is -4.51. The summed E-state index contributed by atoms with van der Waals surface area (Å²) in [7, 11) is -4.51. The number of cyclic esters (lactones) is 1. The fraction of sp³-hybridized carbons (Fsp3) is 0.800. The number of allylic oxidation sites excluding steroid dienone is 2. The van der Waals surface area contributed by atoms with Gasteiger partial charge in [0.05, 0.1) is 6.61 Å². The van der Waals surface area contributed by atoms with Gasteiger partial charge < -0.3 is 9.84 Å². The zero-order valence-corrected chi connectivity index (χ0v) is 21.2. The Bertz CT molecular complexity index is 888. The second-order valence-corrected chi connectivity index (χ2v) is 12.2. The first-order valence-corrected chi connectivity index (χ1v) is 13.6. The van der Waals surface area contributed by atoms with Gasteiger partial charge in [-0.1, -0.05) is 39.3 Å². The molecule has 3 aliphatic rings. The fourth-order valence-electron chi connectivity index (χ4n) is 6.16. The molecule has 3 rings (SSSR count). The van der Waals surface area contributed by atoms with Crippen LogP contribution in [0.1, 0.15) is 85.5 Å². The standard InChI is InChI=1S/C25H40O7S/c1-17-10-11-20-21(9-6-13-24(20,2)3)25(17,4)14-12-18(16-31-33(28,29)30)7-5-8-19-15-22(26)32-23(19)27/h9,15,17-18,20,23,27H,5-8,10-14,16H2,1-4H3,(H,28,29,30). The summed E-state index contributed by atoms with van der Waals surface area (Å²) in [5.74, 6) is 0.526. The van der Waals surface area contributed by atoms with Crippen molar-refractivity contribution in [1.29, 1.82) is 0 Å². The van der Waals surface area contributed by atoms with Crippen LogP contribution in [-0.4, -0.2) is 36.9 Å². The van der Waals surface area contributed by atoms with E-state index in [1.165, 1.54) is 25.3 Å². The average Bonchev–Trinajstić information content (AvgIpc) is 3.03. The minimum Gasteiger partial charge on any atom is -0.429 e. The molecule has 1 aliphatic heterocycles. The van der Waals surface area contributed by atoms with E-state index in [2.05, 4.69) is 33.8 Å². The largest absolute Gasteiger partial charge is 0.429 e. The zero-order chi connectivity index (χ0) is 24.4. The molecule has 0 aromatic carbocycles. The molecule has 188 valence electrons. The van der Waals surface area contributed by atoms with Crippen LogP contribution in [0, 0.1) is 28.6 Å². The van der Waals surface area contributed by atoms with Gasteiger partial charge in [-0.3, -0.25) is 4.55 Å². The van der Waals surface area contributed by atoms with E-state index in [1.54, 1.807) is 5.57 Å². The van der Waals surface area contributed by atoms with E-state index in [0.717, 1.165) is 19.3 Å².